The number of rotatable bonds is 4. The van der Waals surface area contributed by atoms with Crippen LogP contribution in [0.3, 0.4) is 0 Å². The highest BCUT2D eigenvalue weighted by atomic mass is 16.1. The second-order valence-electron chi connectivity index (χ2n) is 7.48. The highest BCUT2D eigenvalue weighted by Crippen LogP contribution is 2.19. The maximum atomic E-state index is 12.9. The van der Waals surface area contributed by atoms with E-state index in [-0.39, 0.29) is 5.78 Å². The van der Waals surface area contributed by atoms with Gasteiger partial charge in [-0.15, -0.1) is 0 Å². The van der Waals surface area contributed by atoms with Gasteiger partial charge in [0.05, 0.1) is 0 Å². The van der Waals surface area contributed by atoms with E-state index in [1.807, 2.05) is 48.5 Å². The van der Waals surface area contributed by atoms with Gasteiger partial charge in [-0.05, 0) is 99.5 Å². The number of ketones is 1. The Morgan fingerprint density at radius 1 is 0.607 bits per heavy atom. The molecule has 140 valence electrons. The summed E-state index contributed by atoms with van der Waals surface area (Å²) in [5.74, 6) is 0.0407. The SMILES string of the molecule is Cc1cc(C)n(-c2ccc(C(=O)c3ccc(-n4cc(C)cc4C)cc3)cc2)c1. The van der Waals surface area contributed by atoms with Crippen LogP contribution < -0.4 is 0 Å². The van der Waals surface area contributed by atoms with E-state index in [9.17, 15) is 4.79 Å². The summed E-state index contributed by atoms with van der Waals surface area (Å²) in [6.45, 7) is 8.34. The number of hydrogen-bond acceptors (Lipinski definition) is 1. The third-order valence-electron chi connectivity index (χ3n) is 5.11. The molecule has 4 rings (SSSR count). The number of hydrogen-bond donors (Lipinski definition) is 0. The first kappa shape index (κ1) is 18.1. The largest absolute Gasteiger partial charge is 0.321 e. The summed E-state index contributed by atoms with van der Waals surface area (Å²) in [5, 5.41) is 0. The minimum Gasteiger partial charge on any atom is -0.321 e. The van der Waals surface area contributed by atoms with E-state index in [1.54, 1.807) is 0 Å². The van der Waals surface area contributed by atoms with Crippen molar-refractivity contribution in [2.75, 3.05) is 0 Å². The molecule has 0 radical (unpaired) electrons. The van der Waals surface area contributed by atoms with Crippen LogP contribution in [0.25, 0.3) is 11.4 Å². The van der Waals surface area contributed by atoms with Gasteiger partial charge in [0, 0.05) is 46.3 Å². The van der Waals surface area contributed by atoms with Crippen molar-refractivity contribution in [2.45, 2.75) is 27.7 Å². The fourth-order valence-corrected chi connectivity index (χ4v) is 3.75. The standard InChI is InChI=1S/C25H24N2O/c1-17-13-19(3)26(15-17)23-9-5-21(6-10-23)25(28)22-7-11-24(12-8-22)27-16-18(2)14-20(27)4/h5-16H,1-4H3. The molecule has 0 atom stereocenters. The van der Waals surface area contributed by atoms with Crippen molar-refractivity contribution in [3.63, 3.8) is 0 Å². The molecule has 0 saturated carbocycles. The number of aryl methyl sites for hydroxylation is 4. The minimum atomic E-state index is 0.0407. The number of carbonyl (C=O) groups is 1. The molecule has 0 fully saturated rings. The Labute approximate surface area is 165 Å². The number of aromatic nitrogens is 2. The van der Waals surface area contributed by atoms with Crippen LogP contribution in [0.2, 0.25) is 0 Å². The molecule has 4 aromatic rings. The number of benzene rings is 2. The monoisotopic (exact) mass is 368 g/mol. The first-order valence-electron chi connectivity index (χ1n) is 9.49. The van der Waals surface area contributed by atoms with Crippen molar-refractivity contribution in [3.05, 3.63) is 107 Å². The van der Waals surface area contributed by atoms with Gasteiger partial charge in [0.1, 0.15) is 0 Å². The zero-order valence-corrected chi connectivity index (χ0v) is 16.7. The molecule has 0 spiro atoms. The van der Waals surface area contributed by atoms with Crippen molar-refractivity contribution >= 4 is 5.78 Å². The lowest BCUT2D eigenvalue weighted by molar-refractivity contribution is 0.103. The van der Waals surface area contributed by atoms with Crippen LogP contribution in [0.1, 0.15) is 38.4 Å². The third-order valence-corrected chi connectivity index (χ3v) is 5.11. The van der Waals surface area contributed by atoms with E-state index in [2.05, 4.69) is 61.4 Å². The molecule has 3 nitrogen and oxygen atoms in total. The second kappa shape index (κ2) is 7.01. The average Bonchev–Trinajstić information content (AvgIpc) is 3.21. The van der Waals surface area contributed by atoms with Crippen molar-refractivity contribution in [1.29, 1.82) is 0 Å². The molecule has 3 heteroatoms. The van der Waals surface area contributed by atoms with Gasteiger partial charge < -0.3 is 9.13 Å². The van der Waals surface area contributed by atoms with E-state index in [1.165, 1.54) is 22.5 Å². The molecule has 2 heterocycles. The van der Waals surface area contributed by atoms with Crippen molar-refractivity contribution in [2.24, 2.45) is 0 Å². The Morgan fingerprint density at radius 3 is 1.25 bits per heavy atom. The molecule has 0 aliphatic carbocycles. The van der Waals surface area contributed by atoms with Crippen LogP contribution in [0.5, 0.6) is 0 Å². The van der Waals surface area contributed by atoms with E-state index < -0.39 is 0 Å². The Kier molecular flexibility index (Phi) is 4.52. The van der Waals surface area contributed by atoms with E-state index in [4.69, 9.17) is 0 Å². The van der Waals surface area contributed by atoms with E-state index in [0.29, 0.717) is 11.1 Å². The van der Waals surface area contributed by atoms with Crippen molar-refractivity contribution < 1.29 is 4.79 Å². The zero-order chi connectivity index (χ0) is 19.8. The summed E-state index contributed by atoms with van der Waals surface area (Å²) in [7, 11) is 0. The summed E-state index contributed by atoms with van der Waals surface area (Å²) in [6.07, 6.45) is 4.21. The van der Waals surface area contributed by atoms with Crippen molar-refractivity contribution in [1.82, 2.24) is 9.13 Å². The Morgan fingerprint density at radius 2 is 0.964 bits per heavy atom. The van der Waals surface area contributed by atoms with Gasteiger partial charge in [-0.1, -0.05) is 0 Å². The Bertz CT molecular complexity index is 1050. The van der Waals surface area contributed by atoms with Gasteiger partial charge in [0.25, 0.3) is 0 Å². The molecule has 0 N–H and O–H groups in total. The Hall–Kier alpha value is -3.33. The summed E-state index contributed by atoms with van der Waals surface area (Å²) in [4.78, 5) is 12.9. The number of nitrogens with zero attached hydrogens (tertiary/aromatic N) is 2. The minimum absolute atomic E-state index is 0.0407. The molecule has 0 amide bonds. The zero-order valence-electron chi connectivity index (χ0n) is 16.7. The first-order chi connectivity index (χ1) is 13.4. The smallest absolute Gasteiger partial charge is 0.193 e. The predicted octanol–water partition coefficient (Wildman–Crippen LogP) is 5.73. The molecule has 2 aromatic heterocycles. The van der Waals surface area contributed by atoms with Gasteiger partial charge in [0.2, 0.25) is 0 Å². The van der Waals surface area contributed by atoms with Gasteiger partial charge in [0.15, 0.2) is 5.78 Å². The van der Waals surface area contributed by atoms with Gasteiger partial charge >= 0.3 is 0 Å². The lowest BCUT2D eigenvalue weighted by atomic mass is 10.0. The summed E-state index contributed by atoms with van der Waals surface area (Å²) in [6, 6.07) is 19.9. The molecule has 28 heavy (non-hydrogen) atoms. The first-order valence-corrected chi connectivity index (χ1v) is 9.49. The number of carbonyl (C=O) groups excluding carboxylic acids is 1. The molecular formula is C25H24N2O. The van der Waals surface area contributed by atoms with Crippen LogP contribution in [0, 0.1) is 27.7 Å². The molecule has 0 unspecified atom stereocenters. The van der Waals surface area contributed by atoms with Crippen LogP contribution in [-0.4, -0.2) is 14.9 Å². The Balaban J connectivity index is 1.57. The van der Waals surface area contributed by atoms with Crippen molar-refractivity contribution in [3.8, 4) is 11.4 Å². The van der Waals surface area contributed by atoms with E-state index in [0.717, 1.165) is 11.4 Å². The summed E-state index contributed by atoms with van der Waals surface area (Å²) < 4.78 is 4.28. The maximum Gasteiger partial charge on any atom is 0.193 e. The average molecular weight is 368 g/mol. The molecule has 0 aliphatic rings. The van der Waals surface area contributed by atoms with Gasteiger partial charge in [-0.25, -0.2) is 0 Å². The quantitative estimate of drug-likeness (QED) is 0.422. The summed E-state index contributed by atoms with van der Waals surface area (Å²) in [5.41, 5.74) is 8.35. The summed E-state index contributed by atoms with van der Waals surface area (Å²) >= 11 is 0. The van der Waals surface area contributed by atoms with Crippen LogP contribution in [-0.2, 0) is 0 Å². The topological polar surface area (TPSA) is 26.9 Å². The van der Waals surface area contributed by atoms with Crippen LogP contribution in [0.15, 0.2) is 73.1 Å². The predicted molar refractivity (Wildman–Crippen MR) is 114 cm³/mol. The fraction of sp³-hybridized carbons (Fsp3) is 0.160. The van der Waals surface area contributed by atoms with Gasteiger partial charge in [-0.2, -0.15) is 0 Å². The third kappa shape index (κ3) is 3.31. The van der Waals surface area contributed by atoms with Gasteiger partial charge in [-0.3, -0.25) is 4.79 Å². The van der Waals surface area contributed by atoms with E-state index >= 15 is 0 Å². The lowest BCUT2D eigenvalue weighted by Gasteiger charge is -2.09. The molecule has 0 aliphatic heterocycles. The normalized spacial score (nSPS) is 11.0. The van der Waals surface area contributed by atoms with Crippen LogP contribution >= 0.6 is 0 Å². The second-order valence-corrected chi connectivity index (χ2v) is 7.48. The molecular weight excluding hydrogens is 344 g/mol. The molecule has 0 bridgehead atoms. The highest BCUT2D eigenvalue weighted by molar-refractivity contribution is 6.09. The highest BCUT2D eigenvalue weighted by Gasteiger charge is 2.11. The fourth-order valence-electron chi connectivity index (χ4n) is 3.75. The van der Waals surface area contributed by atoms with Crippen LogP contribution in [0.4, 0.5) is 0 Å². The molecule has 0 saturated heterocycles. The maximum absolute atomic E-state index is 12.9. The lowest BCUT2D eigenvalue weighted by Crippen LogP contribution is -2.03. The molecule has 2 aromatic carbocycles.